The van der Waals surface area contributed by atoms with Crippen LogP contribution in [0, 0.1) is 11.8 Å². The van der Waals surface area contributed by atoms with Gasteiger partial charge in [0, 0.05) is 5.92 Å². The van der Waals surface area contributed by atoms with Gasteiger partial charge in [-0.3, -0.25) is 4.79 Å². The van der Waals surface area contributed by atoms with Crippen molar-refractivity contribution in [3.05, 3.63) is 11.8 Å². The highest BCUT2D eigenvalue weighted by molar-refractivity contribution is 5.94. The molecule has 1 rings (SSSR count). The molecule has 0 radical (unpaired) electrons. The third kappa shape index (κ3) is 2.34. The molecule has 0 aliphatic heterocycles. The van der Waals surface area contributed by atoms with Crippen molar-refractivity contribution in [1.29, 1.82) is 0 Å². The Bertz CT molecular complexity index is 283. The van der Waals surface area contributed by atoms with Gasteiger partial charge in [-0.1, -0.05) is 19.4 Å². The van der Waals surface area contributed by atoms with Crippen molar-refractivity contribution >= 4 is 11.9 Å². The standard InChI is InChI=1S/C10H15NO3/c1-3-6-5-7(6)9(12)11-8(4-2)10(13)14/h4,6-7H,3,5H2,1-2H3,(H,11,12)(H,13,14). The number of nitrogens with one attached hydrogen (secondary N) is 1. The molecule has 2 atom stereocenters. The first-order valence-electron chi connectivity index (χ1n) is 4.80. The topological polar surface area (TPSA) is 66.4 Å². The zero-order valence-electron chi connectivity index (χ0n) is 8.41. The van der Waals surface area contributed by atoms with Crippen LogP contribution in [-0.4, -0.2) is 17.0 Å². The van der Waals surface area contributed by atoms with Crippen molar-refractivity contribution in [3.63, 3.8) is 0 Å². The Kier molecular flexibility index (Phi) is 3.28. The van der Waals surface area contributed by atoms with E-state index in [2.05, 4.69) is 5.32 Å². The molecule has 0 saturated heterocycles. The van der Waals surface area contributed by atoms with Gasteiger partial charge in [-0.25, -0.2) is 4.79 Å². The van der Waals surface area contributed by atoms with Gasteiger partial charge < -0.3 is 10.4 Å². The summed E-state index contributed by atoms with van der Waals surface area (Å²) in [6.45, 7) is 3.62. The smallest absolute Gasteiger partial charge is 0.352 e. The molecule has 14 heavy (non-hydrogen) atoms. The summed E-state index contributed by atoms with van der Waals surface area (Å²) >= 11 is 0. The van der Waals surface area contributed by atoms with Crippen LogP contribution in [0.3, 0.4) is 0 Å². The Morgan fingerprint density at radius 2 is 2.21 bits per heavy atom. The maximum Gasteiger partial charge on any atom is 0.352 e. The molecule has 2 N–H and O–H groups in total. The van der Waals surface area contributed by atoms with E-state index >= 15 is 0 Å². The molecule has 4 heteroatoms. The first-order chi connectivity index (χ1) is 6.60. The SMILES string of the molecule is CC=C(NC(=O)C1CC1CC)C(=O)O. The van der Waals surface area contributed by atoms with Gasteiger partial charge in [0.25, 0.3) is 0 Å². The minimum atomic E-state index is -1.09. The molecule has 1 aliphatic rings. The molecular weight excluding hydrogens is 182 g/mol. The van der Waals surface area contributed by atoms with E-state index in [9.17, 15) is 9.59 Å². The Labute approximate surface area is 83.0 Å². The fourth-order valence-corrected chi connectivity index (χ4v) is 1.49. The Morgan fingerprint density at radius 1 is 1.57 bits per heavy atom. The maximum absolute atomic E-state index is 11.4. The summed E-state index contributed by atoms with van der Waals surface area (Å²) < 4.78 is 0. The van der Waals surface area contributed by atoms with Crippen LogP contribution in [-0.2, 0) is 9.59 Å². The Hall–Kier alpha value is -1.32. The van der Waals surface area contributed by atoms with Crippen LogP contribution >= 0.6 is 0 Å². The molecule has 1 aliphatic carbocycles. The largest absolute Gasteiger partial charge is 0.477 e. The zero-order valence-corrected chi connectivity index (χ0v) is 8.41. The molecule has 1 fully saturated rings. The van der Waals surface area contributed by atoms with Crippen molar-refractivity contribution < 1.29 is 14.7 Å². The molecule has 0 heterocycles. The van der Waals surface area contributed by atoms with E-state index < -0.39 is 5.97 Å². The molecule has 0 aromatic heterocycles. The van der Waals surface area contributed by atoms with Crippen LogP contribution < -0.4 is 5.32 Å². The normalized spacial score (nSPS) is 25.7. The fourth-order valence-electron chi connectivity index (χ4n) is 1.49. The van der Waals surface area contributed by atoms with Gasteiger partial charge >= 0.3 is 5.97 Å². The van der Waals surface area contributed by atoms with Gasteiger partial charge in [-0.2, -0.15) is 0 Å². The van der Waals surface area contributed by atoms with Gasteiger partial charge in [-0.05, 0) is 19.3 Å². The third-order valence-corrected chi connectivity index (χ3v) is 2.56. The van der Waals surface area contributed by atoms with E-state index in [0.717, 1.165) is 12.8 Å². The predicted octanol–water partition coefficient (Wildman–Crippen LogP) is 1.14. The second kappa shape index (κ2) is 4.26. The molecule has 78 valence electrons. The lowest BCUT2D eigenvalue weighted by molar-refractivity contribution is -0.134. The summed E-state index contributed by atoms with van der Waals surface area (Å²) in [6.07, 6.45) is 3.26. The minimum absolute atomic E-state index is 0.0225. The number of hydrogen-bond acceptors (Lipinski definition) is 2. The highest BCUT2D eigenvalue weighted by Gasteiger charge is 2.41. The summed E-state index contributed by atoms with van der Waals surface area (Å²) in [4.78, 5) is 22.0. The van der Waals surface area contributed by atoms with Crippen LogP contribution in [0.1, 0.15) is 26.7 Å². The number of allylic oxidation sites excluding steroid dienone is 1. The van der Waals surface area contributed by atoms with Crippen LogP contribution in [0.5, 0.6) is 0 Å². The van der Waals surface area contributed by atoms with Gasteiger partial charge in [0.15, 0.2) is 0 Å². The molecule has 0 spiro atoms. The summed E-state index contributed by atoms with van der Waals surface area (Å²) in [5, 5.41) is 11.1. The number of rotatable bonds is 4. The van der Waals surface area contributed by atoms with Crippen LogP contribution in [0.2, 0.25) is 0 Å². The van der Waals surface area contributed by atoms with E-state index in [1.807, 2.05) is 6.92 Å². The number of carboxylic acid groups (broad SMARTS) is 1. The first-order valence-corrected chi connectivity index (χ1v) is 4.80. The van der Waals surface area contributed by atoms with E-state index in [4.69, 9.17) is 5.11 Å². The van der Waals surface area contributed by atoms with Gasteiger partial charge in [0.2, 0.25) is 5.91 Å². The number of amides is 1. The lowest BCUT2D eigenvalue weighted by Gasteiger charge is -2.03. The quantitative estimate of drug-likeness (QED) is 0.664. The molecule has 1 amide bonds. The Balaban J connectivity index is 2.45. The second-order valence-corrected chi connectivity index (χ2v) is 3.51. The number of aliphatic carboxylic acids is 1. The number of hydrogen-bond donors (Lipinski definition) is 2. The van der Waals surface area contributed by atoms with Crippen LogP contribution in [0.4, 0.5) is 0 Å². The van der Waals surface area contributed by atoms with Gasteiger partial charge in [0.05, 0.1) is 0 Å². The van der Waals surface area contributed by atoms with Crippen molar-refractivity contribution in [2.75, 3.05) is 0 Å². The summed E-state index contributed by atoms with van der Waals surface area (Å²) in [6, 6.07) is 0. The van der Waals surface area contributed by atoms with E-state index in [-0.39, 0.29) is 17.5 Å². The average Bonchev–Trinajstić information content (AvgIpc) is 2.92. The molecule has 0 aromatic carbocycles. The monoisotopic (exact) mass is 197 g/mol. The zero-order chi connectivity index (χ0) is 10.7. The number of carbonyl (C=O) groups excluding carboxylic acids is 1. The molecular formula is C10H15NO3. The predicted molar refractivity (Wildman–Crippen MR) is 51.4 cm³/mol. The molecule has 2 unspecified atom stereocenters. The van der Waals surface area contributed by atoms with Gasteiger partial charge in [-0.15, -0.1) is 0 Å². The molecule has 0 aromatic rings. The lowest BCUT2D eigenvalue weighted by Crippen LogP contribution is -2.28. The van der Waals surface area contributed by atoms with Crippen LogP contribution in [0.15, 0.2) is 11.8 Å². The number of carbonyl (C=O) groups is 2. The lowest BCUT2D eigenvalue weighted by atomic mass is 10.2. The summed E-state index contributed by atoms with van der Waals surface area (Å²) in [7, 11) is 0. The summed E-state index contributed by atoms with van der Waals surface area (Å²) in [5.74, 6) is -0.780. The molecule has 1 saturated carbocycles. The maximum atomic E-state index is 11.4. The average molecular weight is 197 g/mol. The number of carboxylic acids is 1. The summed E-state index contributed by atoms with van der Waals surface area (Å²) in [5.41, 5.74) is -0.0308. The van der Waals surface area contributed by atoms with Crippen LogP contribution in [0.25, 0.3) is 0 Å². The van der Waals surface area contributed by atoms with E-state index in [1.54, 1.807) is 6.92 Å². The molecule has 0 bridgehead atoms. The third-order valence-electron chi connectivity index (χ3n) is 2.56. The Morgan fingerprint density at radius 3 is 2.57 bits per heavy atom. The fraction of sp³-hybridized carbons (Fsp3) is 0.600. The molecule has 4 nitrogen and oxygen atoms in total. The van der Waals surface area contributed by atoms with Crippen molar-refractivity contribution in [3.8, 4) is 0 Å². The van der Waals surface area contributed by atoms with E-state index in [0.29, 0.717) is 5.92 Å². The second-order valence-electron chi connectivity index (χ2n) is 3.51. The van der Waals surface area contributed by atoms with Gasteiger partial charge in [0.1, 0.15) is 5.70 Å². The van der Waals surface area contributed by atoms with Crippen molar-refractivity contribution in [2.24, 2.45) is 11.8 Å². The highest BCUT2D eigenvalue weighted by atomic mass is 16.4. The highest BCUT2D eigenvalue weighted by Crippen LogP contribution is 2.41. The van der Waals surface area contributed by atoms with Crippen molar-refractivity contribution in [2.45, 2.75) is 26.7 Å². The van der Waals surface area contributed by atoms with E-state index in [1.165, 1.54) is 6.08 Å². The minimum Gasteiger partial charge on any atom is -0.477 e. The van der Waals surface area contributed by atoms with Crippen molar-refractivity contribution in [1.82, 2.24) is 5.32 Å². The first kappa shape index (κ1) is 10.8.